The summed E-state index contributed by atoms with van der Waals surface area (Å²) in [5, 5.41) is 0.698. The summed E-state index contributed by atoms with van der Waals surface area (Å²) < 4.78 is 0. The molecule has 1 saturated carbocycles. The summed E-state index contributed by atoms with van der Waals surface area (Å²) in [6, 6.07) is 10.6. The van der Waals surface area contributed by atoms with Crippen molar-refractivity contribution in [2.24, 2.45) is 4.99 Å². The van der Waals surface area contributed by atoms with Crippen molar-refractivity contribution in [2.75, 3.05) is 0 Å². The van der Waals surface area contributed by atoms with Gasteiger partial charge in [0.2, 0.25) is 0 Å². The lowest BCUT2D eigenvalue weighted by atomic mass is 9.98. The molecule has 0 N–H and O–H groups in total. The summed E-state index contributed by atoms with van der Waals surface area (Å²) in [6.45, 7) is 8.20. The quantitative estimate of drug-likeness (QED) is 0.700. The second-order valence-corrected chi connectivity index (χ2v) is 15.7. The molecular formula is C16H25NSSi. The molecule has 3 heteroatoms. The van der Waals surface area contributed by atoms with Crippen LogP contribution in [0.2, 0.25) is 19.6 Å². The predicted molar refractivity (Wildman–Crippen MR) is 90.8 cm³/mol. The number of aliphatic imine (C=N–C) groups is 1. The van der Waals surface area contributed by atoms with Crippen LogP contribution in [0.5, 0.6) is 0 Å². The molecule has 0 heterocycles. The molecule has 0 bridgehead atoms. The summed E-state index contributed by atoms with van der Waals surface area (Å²) in [5.41, 5.74) is 2.81. The summed E-state index contributed by atoms with van der Waals surface area (Å²) >= 11 is 2.23. The third kappa shape index (κ3) is 5.15. The number of rotatable bonds is 4. The summed E-state index contributed by atoms with van der Waals surface area (Å²) in [7, 11) is -1.06. The van der Waals surface area contributed by atoms with Gasteiger partial charge in [-0.15, -0.1) is 0 Å². The van der Waals surface area contributed by atoms with Crippen molar-refractivity contribution >= 4 is 24.1 Å². The Bertz CT molecular complexity index is 422. The Kier molecular flexibility index (Phi) is 5.28. The maximum atomic E-state index is 4.94. The van der Waals surface area contributed by atoms with Gasteiger partial charge in [-0.2, -0.15) is 11.2 Å². The highest BCUT2D eigenvalue weighted by Crippen LogP contribution is 2.33. The minimum absolute atomic E-state index is 0.698. The fraction of sp³-hybridized carbons (Fsp3) is 0.562. The Hall–Kier alpha value is -0.543. The highest BCUT2D eigenvalue weighted by Gasteiger charge is 2.26. The van der Waals surface area contributed by atoms with E-state index in [1.807, 2.05) is 0 Å². The maximum Gasteiger partial charge on any atom is 0.109 e. The van der Waals surface area contributed by atoms with Crippen LogP contribution in [0.15, 0.2) is 35.3 Å². The molecule has 1 atom stereocenters. The van der Waals surface area contributed by atoms with Gasteiger partial charge < -0.3 is 0 Å². The van der Waals surface area contributed by atoms with E-state index < -0.39 is 7.22 Å². The number of hydrogen-bond donors (Lipinski definition) is 0. The molecule has 1 aromatic rings. The van der Waals surface area contributed by atoms with Crippen LogP contribution in [0, 0.1) is 0 Å². The highest BCUT2D eigenvalue weighted by molar-refractivity contribution is 8.29. The standard InChI is InChI=1S/C16H25NSSi/c1-19(2,3)18-16-12-8-7-11-15(16)17-13-14-9-5-4-6-10-14/h4-6,9-10,16H,7-8,11-13H2,1-3H3/b17-15-. The Balaban J connectivity index is 2.02. The van der Waals surface area contributed by atoms with E-state index in [4.69, 9.17) is 4.99 Å². The third-order valence-corrected chi connectivity index (χ3v) is 7.80. The molecule has 1 aromatic carbocycles. The first-order valence-electron chi connectivity index (χ1n) is 7.29. The highest BCUT2D eigenvalue weighted by atomic mass is 32.4. The molecule has 0 aliphatic heterocycles. The maximum absolute atomic E-state index is 4.94. The van der Waals surface area contributed by atoms with Crippen LogP contribution in [0.4, 0.5) is 0 Å². The van der Waals surface area contributed by atoms with Crippen molar-refractivity contribution < 1.29 is 0 Å². The van der Waals surface area contributed by atoms with Gasteiger partial charge in [0.1, 0.15) is 7.22 Å². The van der Waals surface area contributed by atoms with E-state index in [0.29, 0.717) is 5.25 Å². The molecule has 1 nitrogen and oxygen atoms in total. The molecular weight excluding hydrogens is 266 g/mol. The number of nitrogens with zero attached hydrogens (tertiary/aromatic N) is 1. The van der Waals surface area contributed by atoms with Crippen LogP contribution in [0.3, 0.4) is 0 Å². The van der Waals surface area contributed by atoms with Crippen LogP contribution in [0.25, 0.3) is 0 Å². The Morgan fingerprint density at radius 1 is 1.16 bits per heavy atom. The Morgan fingerprint density at radius 2 is 1.89 bits per heavy atom. The average Bonchev–Trinajstić information content (AvgIpc) is 2.37. The SMILES string of the molecule is C[Si](C)(C)SC1CCCC/C1=N/Cc1ccccc1. The molecule has 2 rings (SSSR count). The van der Waals surface area contributed by atoms with Gasteiger partial charge in [-0.05, 0) is 24.8 Å². The van der Waals surface area contributed by atoms with Crippen molar-refractivity contribution in [1.29, 1.82) is 0 Å². The smallest absolute Gasteiger partial charge is 0.109 e. The van der Waals surface area contributed by atoms with Crippen molar-refractivity contribution in [3.05, 3.63) is 35.9 Å². The summed E-state index contributed by atoms with van der Waals surface area (Å²) in [5.74, 6) is 0. The zero-order valence-corrected chi connectivity index (χ0v) is 14.2. The van der Waals surface area contributed by atoms with Gasteiger partial charge in [0, 0.05) is 11.0 Å². The van der Waals surface area contributed by atoms with E-state index in [9.17, 15) is 0 Å². The van der Waals surface area contributed by atoms with Crippen molar-refractivity contribution in [1.82, 2.24) is 0 Å². The summed E-state index contributed by atoms with van der Waals surface area (Å²) in [6.07, 6.45) is 5.26. The van der Waals surface area contributed by atoms with E-state index in [1.165, 1.54) is 37.0 Å². The Labute approximate surface area is 122 Å². The first kappa shape index (κ1) is 14.9. The van der Waals surface area contributed by atoms with Gasteiger partial charge in [-0.1, -0.05) is 56.4 Å². The first-order valence-corrected chi connectivity index (χ1v) is 12.4. The molecule has 1 fully saturated rings. The van der Waals surface area contributed by atoms with Gasteiger partial charge in [-0.25, -0.2) is 0 Å². The minimum Gasteiger partial charge on any atom is -0.288 e. The molecule has 0 saturated heterocycles. The van der Waals surface area contributed by atoms with E-state index in [0.717, 1.165) is 6.54 Å². The monoisotopic (exact) mass is 291 g/mol. The molecule has 1 aliphatic rings. The molecule has 104 valence electrons. The Morgan fingerprint density at radius 3 is 2.58 bits per heavy atom. The number of benzene rings is 1. The van der Waals surface area contributed by atoms with Gasteiger partial charge in [0.05, 0.1) is 6.54 Å². The molecule has 0 amide bonds. The van der Waals surface area contributed by atoms with Crippen molar-refractivity contribution in [3.8, 4) is 0 Å². The predicted octanol–water partition coefficient (Wildman–Crippen LogP) is 5.14. The van der Waals surface area contributed by atoms with Crippen molar-refractivity contribution in [3.63, 3.8) is 0 Å². The lowest BCUT2D eigenvalue weighted by Gasteiger charge is -2.29. The molecule has 0 aromatic heterocycles. The van der Waals surface area contributed by atoms with Gasteiger partial charge >= 0.3 is 0 Å². The lowest BCUT2D eigenvalue weighted by Crippen LogP contribution is -2.29. The second-order valence-electron chi connectivity index (χ2n) is 6.26. The van der Waals surface area contributed by atoms with Crippen LogP contribution >= 0.6 is 11.2 Å². The van der Waals surface area contributed by atoms with Crippen LogP contribution in [-0.4, -0.2) is 18.2 Å². The normalized spacial score (nSPS) is 22.7. The summed E-state index contributed by atoms with van der Waals surface area (Å²) in [4.78, 5) is 4.94. The largest absolute Gasteiger partial charge is 0.288 e. The van der Waals surface area contributed by atoms with Crippen LogP contribution in [-0.2, 0) is 6.54 Å². The average molecular weight is 292 g/mol. The van der Waals surface area contributed by atoms with Gasteiger partial charge in [0.25, 0.3) is 0 Å². The minimum atomic E-state index is -1.06. The molecule has 1 unspecified atom stereocenters. The van der Waals surface area contributed by atoms with Crippen LogP contribution in [0.1, 0.15) is 31.2 Å². The zero-order valence-electron chi connectivity index (χ0n) is 12.4. The van der Waals surface area contributed by atoms with E-state index in [2.05, 4.69) is 61.2 Å². The number of hydrogen-bond acceptors (Lipinski definition) is 2. The van der Waals surface area contributed by atoms with Gasteiger partial charge in [0.15, 0.2) is 0 Å². The van der Waals surface area contributed by atoms with E-state index >= 15 is 0 Å². The molecule has 0 spiro atoms. The molecule has 1 aliphatic carbocycles. The molecule has 19 heavy (non-hydrogen) atoms. The third-order valence-electron chi connectivity index (χ3n) is 3.32. The first-order chi connectivity index (χ1) is 9.04. The van der Waals surface area contributed by atoms with E-state index in [-0.39, 0.29) is 0 Å². The second kappa shape index (κ2) is 6.75. The topological polar surface area (TPSA) is 12.4 Å². The molecule has 0 radical (unpaired) electrons. The fourth-order valence-corrected chi connectivity index (χ4v) is 7.26. The van der Waals surface area contributed by atoms with Crippen LogP contribution < -0.4 is 0 Å². The lowest BCUT2D eigenvalue weighted by molar-refractivity contribution is 0.672. The van der Waals surface area contributed by atoms with E-state index in [1.54, 1.807) is 0 Å². The van der Waals surface area contributed by atoms with Gasteiger partial charge in [-0.3, -0.25) is 4.99 Å². The zero-order chi connectivity index (χ0) is 13.7. The fourth-order valence-electron chi connectivity index (χ4n) is 2.47. The van der Waals surface area contributed by atoms with Crippen molar-refractivity contribution in [2.45, 2.75) is 57.1 Å².